The molecule has 2 aliphatic rings. The van der Waals surface area contributed by atoms with Crippen molar-refractivity contribution in [1.29, 1.82) is 0 Å². The van der Waals surface area contributed by atoms with Crippen molar-refractivity contribution in [2.45, 2.75) is 25.7 Å². The van der Waals surface area contributed by atoms with Gasteiger partial charge < -0.3 is 16.0 Å². The lowest BCUT2D eigenvalue weighted by atomic mass is 9.95. The van der Waals surface area contributed by atoms with Gasteiger partial charge in [-0.25, -0.2) is 0 Å². The number of nitrogens with one attached hydrogen (secondary N) is 1. The summed E-state index contributed by atoms with van der Waals surface area (Å²) < 4.78 is 0. The smallest absolute Gasteiger partial charge is 0.251 e. The number of nitrogens with zero attached hydrogens (tertiary/aromatic N) is 2. The van der Waals surface area contributed by atoms with Crippen LogP contribution in [0, 0.1) is 0 Å². The Morgan fingerprint density at radius 2 is 1.87 bits per heavy atom. The average molecular weight is 336 g/mol. The van der Waals surface area contributed by atoms with E-state index in [9.17, 15) is 9.59 Å². The number of rotatable bonds is 4. The minimum atomic E-state index is -0.431. The van der Waals surface area contributed by atoms with E-state index in [1.54, 1.807) is 0 Å². The van der Waals surface area contributed by atoms with E-state index < -0.39 is 5.91 Å². The molecule has 1 aromatic heterocycles. The second-order valence-corrected chi connectivity index (χ2v) is 7.51. The number of carbonyl (C=O) groups is 2. The monoisotopic (exact) mass is 336 g/mol. The third-order valence-corrected chi connectivity index (χ3v) is 5.84. The molecule has 3 N–H and O–H groups in total. The van der Waals surface area contributed by atoms with Crippen LogP contribution in [0.25, 0.3) is 0 Å². The van der Waals surface area contributed by atoms with E-state index in [1.165, 1.54) is 16.2 Å². The van der Waals surface area contributed by atoms with Crippen molar-refractivity contribution in [1.82, 2.24) is 9.80 Å². The number of likely N-dealkylation sites (N-methyl/N-ethyl adjacent to an activating group) is 1. The highest BCUT2D eigenvalue weighted by molar-refractivity contribution is 7.17. The Balaban J connectivity index is 1.68. The van der Waals surface area contributed by atoms with E-state index in [2.05, 4.69) is 22.2 Å². The average Bonchev–Trinajstić information content (AvgIpc) is 2.87. The number of piperazine rings is 1. The number of hydrogen-bond donors (Lipinski definition) is 2. The minimum absolute atomic E-state index is 0.0596. The van der Waals surface area contributed by atoms with Crippen molar-refractivity contribution in [3.05, 3.63) is 16.0 Å². The fourth-order valence-corrected chi connectivity index (χ4v) is 4.60. The highest BCUT2D eigenvalue weighted by atomic mass is 32.1. The Hall–Kier alpha value is -1.44. The summed E-state index contributed by atoms with van der Waals surface area (Å²) in [6.45, 7) is 4.12. The number of fused-ring (bicyclic) bond motifs is 1. The molecule has 1 aliphatic carbocycles. The third kappa shape index (κ3) is 3.73. The molecule has 0 saturated carbocycles. The van der Waals surface area contributed by atoms with Crippen LogP contribution in [0.15, 0.2) is 0 Å². The molecule has 3 rings (SSSR count). The zero-order chi connectivity index (χ0) is 16.4. The molecule has 0 unspecified atom stereocenters. The molecule has 0 radical (unpaired) electrons. The first-order valence-electron chi connectivity index (χ1n) is 8.19. The van der Waals surface area contributed by atoms with E-state index in [-0.39, 0.29) is 5.91 Å². The summed E-state index contributed by atoms with van der Waals surface area (Å²) in [5.41, 5.74) is 7.16. The lowest BCUT2D eigenvalue weighted by Gasteiger charge is -2.31. The van der Waals surface area contributed by atoms with Crippen LogP contribution in [0.5, 0.6) is 0 Å². The molecule has 0 atom stereocenters. The second kappa shape index (κ2) is 6.98. The fourth-order valence-electron chi connectivity index (χ4n) is 3.29. The number of hydrogen-bond acceptors (Lipinski definition) is 5. The minimum Gasteiger partial charge on any atom is -0.365 e. The maximum atomic E-state index is 12.3. The van der Waals surface area contributed by atoms with Gasteiger partial charge in [0.05, 0.1) is 12.1 Å². The summed E-state index contributed by atoms with van der Waals surface area (Å²) in [7, 11) is 2.09. The van der Waals surface area contributed by atoms with Crippen LogP contribution in [0.1, 0.15) is 33.6 Å². The van der Waals surface area contributed by atoms with Gasteiger partial charge in [0, 0.05) is 31.1 Å². The molecule has 1 saturated heterocycles. The van der Waals surface area contributed by atoms with E-state index in [0.717, 1.165) is 57.4 Å². The molecule has 126 valence electrons. The SMILES string of the molecule is CN1CCN(CC(=O)Nc2sc3c(c2C(N)=O)CCCC3)CC1. The van der Waals surface area contributed by atoms with Gasteiger partial charge >= 0.3 is 0 Å². The van der Waals surface area contributed by atoms with Crippen molar-refractivity contribution in [2.75, 3.05) is 45.1 Å². The Labute approximate surface area is 140 Å². The number of nitrogens with two attached hydrogens (primary N) is 1. The van der Waals surface area contributed by atoms with Gasteiger partial charge in [0.15, 0.2) is 0 Å². The fraction of sp³-hybridized carbons (Fsp3) is 0.625. The van der Waals surface area contributed by atoms with Gasteiger partial charge in [0.2, 0.25) is 5.91 Å². The standard InChI is InChI=1S/C16H24N4O2S/c1-19-6-8-20(9-7-19)10-13(21)18-16-14(15(17)22)11-4-2-3-5-12(11)23-16/h2-10H2,1H3,(H2,17,22)(H,18,21). The number of carbonyl (C=O) groups excluding carboxylic acids is 2. The molecule has 0 bridgehead atoms. The van der Waals surface area contributed by atoms with Crippen LogP contribution >= 0.6 is 11.3 Å². The Morgan fingerprint density at radius 1 is 1.17 bits per heavy atom. The molecule has 0 aromatic carbocycles. The molecule has 1 aliphatic heterocycles. The first-order valence-corrected chi connectivity index (χ1v) is 9.01. The Morgan fingerprint density at radius 3 is 2.57 bits per heavy atom. The summed E-state index contributed by atoms with van der Waals surface area (Å²) in [5, 5.41) is 3.57. The molecule has 2 amide bonds. The predicted molar refractivity (Wildman–Crippen MR) is 92.0 cm³/mol. The summed E-state index contributed by atoms with van der Waals surface area (Å²) in [6, 6.07) is 0. The molecule has 0 spiro atoms. The lowest BCUT2D eigenvalue weighted by molar-refractivity contribution is -0.117. The third-order valence-electron chi connectivity index (χ3n) is 4.63. The number of primary amides is 1. The van der Waals surface area contributed by atoms with Crippen molar-refractivity contribution in [3.63, 3.8) is 0 Å². The number of amides is 2. The highest BCUT2D eigenvalue weighted by Crippen LogP contribution is 2.37. The van der Waals surface area contributed by atoms with Gasteiger partial charge in [0.1, 0.15) is 5.00 Å². The van der Waals surface area contributed by atoms with E-state index in [1.807, 2.05) is 0 Å². The topological polar surface area (TPSA) is 78.7 Å². The molecule has 1 fully saturated rings. The Kier molecular flexibility index (Phi) is 4.99. The van der Waals surface area contributed by atoms with Crippen molar-refractivity contribution in [3.8, 4) is 0 Å². The van der Waals surface area contributed by atoms with Gasteiger partial charge in [-0.2, -0.15) is 0 Å². The van der Waals surface area contributed by atoms with Crippen molar-refractivity contribution < 1.29 is 9.59 Å². The quantitative estimate of drug-likeness (QED) is 0.857. The molecule has 6 nitrogen and oxygen atoms in total. The van der Waals surface area contributed by atoms with Gasteiger partial charge in [-0.1, -0.05) is 0 Å². The molecule has 2 heterocycles. The number of aryl methyl sites for hydroxylation is 1. The maximum Gasteiger partial charge on any atom is 0.251 e. The summed E-state index contributed by atoms with van der Waals surface area (Å²) in [4.78, 5) is 29.8. The summed E-state index contributed by atoms with van der Waals surface area (Å²) in [6.07, 6.45) is 4.09. The van der Waals surface area contributed by atoms with Crippen LogP contribution in [0.3, 0.4) is 0 Å². The highest BCUT2D eigenvalue weighted by Gasteiger charge is 2.25. The molecule has 1 aromatic rings. The van der Waals surface area contributed by atoms with Crippen LogP contribution < -0.4 is 11.1 Å². The van der Waals surface area contributed by atoms with Gasteiger partial charge in [-0.15, -0.1) is 11.3 Å². The first kappa shape index (κ1) is 16.4. The van der Waals surface area contributed by atoms with Gasteiger partial charge in [-0.3, -0.25) is 14.5 Å². The molecule has 23 heavy (non-hydrogen) atoms. The number of anilines is 1. The zero-order valence-corrected chi connectivity index (χ0v) is 14.4. The van der Waals surface area contributed by atoms with Crippen molar-refractivity contribution in [2.24, 2.45) is 5.73 Å². The van der Waals surface area contributed by atoms with E-state index in [0.29, 0.717) is 17.1 Å². The summed E-state index contributed by atoms with van der Waals surface area (Å²) in [5.74, 6) is -0.491. The largest absolute Gasteiger partial charge is 0.365 e. The summed E-state index contributed by atoms with van der Waals surface area (Å²) >= 11 is 1.52. The predicted octanol–water partition coefficient (Wildman–Crippen LogP) is 0.912. The Bertz CT molecular complexity index is 605. The van der Waals surface area contributed by atoms with E-state index in [4.69, 9.17) is 5.73 Å². The lowest BCUT2D eigenvalue weighted by Crippen LogP contribution is -2.47. The van der Waals surface area contributed by atoms with Gasteiger partial charge in [0.25, 0.3) is 5.91 Å². The molecular weight excluding hydrogens is 312 g/mol. The zero-order valence-electron chi connectivity index (χ0n) is 13.6. The van der Waals surface area contributed by atoms with Crippen LogP contribution in [-0.2, 0) is 17.6 Å². The van der Waals surface area contributed by atoms with Crippen LogP contribution in [0.2, 0.25) is 0 Å². The van der Waals surface area contributed by atoms with Crippen molar-refractivity contribution >= 4 is 28.2 Å². The van der Waals surface area contributed by atoms with E-state index >= 15 is 0 Å². The second-order valence-electron chi connectivity index (χ2n) is 6.41. The van der Waals surface area contributed by atoms with Gasteiger partial charge in [-0.05, 0) is 38.3 Å². The van der Waals surface area contributed by atoms with Crippen LogP contribution in [0.4, 0.5) is 5.00 Å². The molecular formula is C16H24N4O2S. The normalized spacial score (nSPS) is 19.3. The van der Waals surface area contributed by atoms with Crippen LogP contribution in [-0.4, -0.2) is 61.4 Å². The maximum absolute atomic E-state index is 12.3. The first-order chi connectivity index (χ1) is 11.0. The molecule has 7 heteroatoms. The number of thiophene rings is 1.